The first-order chi connectivity index (χ1) is 7.76. The van der Waals surface area contributed by atoms with Gasteiger partial charge in [-0.2, -0.15) is 0 Å². The van der Waals surface area contributed by atoms with Gasteiger partial charge in [0.15, 0.2) is 0 Å². The summed E-state index contributed by atoms with van der Waals surface area (Å²) in [6.45, 7) is 4.35. The van der Waals surface area contributed by atoms with Crippen molar-refractivity contribution in [2.75, 3.05) is 0 Å². The third-order valence-electron chi connectivity index (χ3n) is 3.13. The lowest BCUT2D eigenvalue weighted by Crippen LogP contribution is -2.07. The summed E-state index contributed by atoms with van der Waals surface area (Å²) in [6, 6.07) is 4.22. The Hall–Kier alpha value is -0.630. The van der Waals surface area contributed by atoms with Gasteiger partial charge in [-0.15, -0.1) is 11.3 Å². The standard InChI is InChI=1S/C14H22OS/c1-3-12(4-2)11-13(15)7-5-8-14-9-6-10-16-14/h6,9-10,12H,3-5,7-8,11H2,1-2H3. The lowest BCUT2D eigenvalue weighted by molar-refractivity contribution is -0.120. The van der Waals surface area contributed by atoms with Crippen molar-refractivity contribution in [3.8, 4) is 0 Å². The summed E-state index contributed by atoms with van der Waals surface area (Å²) in [5.41, 5.74) is 0. The van der Waals surface area contributed by atoms with E-state index in [0.717, 1.165) is 38.5 Å². The number of carbonyl (C=O) groups excluding carboxylic acids is 1. The van der Waals surface area contributed by atoms with Gasteiger partial charge in [0.2, 0.25) is 0 Å². The molecule has 16 heavy (non-hydrogen) atoms. The third-order valence-corrected chi connectivity index (χ3v) is 4.07. The van der Waals surface area contributed by atoms with Crippen LogP contribution in [0.25, 0.3) is 0 Å². The van der Waals surface area contributed by atoms with Crippen molar-refractivity contribution in [1.29, 1.82) is 0 Å². The summed E-state index contributed by atoms with van der Waals surface area (Å²) in [5, 5.41) is 2.10. The Kier molecular flexibility index (Phi) is 6.39. The molecule has 1 rings (SSSR count). The fourth-order valence-electron chi connectivity index (χ4n) is 1.92. The van der Waals surface area contributed by atoms with Crippen LogP contribution in [0, 0.1) is 5.92 Å². The van der Waals surface area contributed by atoms with Gasteiger partial charge in [0.25, 0.3) is 0 Å². The zero-order valence-corrected chi connectivity index (χ0v) is 11.2. The van der Waals surface area contributed by atoms with Crippen LogP contribution in [-0.2, 0) is 11.2 Å². The predicted molar refractivity (Wildman–Crippen MR) is 71.0 cm³/mol. The monoisotopic (exact) mass is 238 g/mol. The number of carbonyl (C=O) groups is 1. The molecule has 0 saturated heterocycles. The lowest BCUT2D eigenvalue weighted by Gasteiger charge is -2.10. The van der Waals surface area contributed by atoms with Crippen LogP contribution in [0.3, 0.4) is 0 Å². The van der Waals surface area contributed by atoms with Crippen LogP contribution in [-0.4, -0.2) is 5.78 Å². The molecule has 1 heterocycles. The molecule has 0 amide bonds. The van der Waals surface area contributed by atoms with Crippen molar-refractivity contribution in [1.82, 2.24) is 0 Å². The van der Waals surface area contributed by atoms with Gasteiger partial charge in [0.05, 0.1) is 0 Å². The largest absolute Gasteiger partial charge is 0.300 e. The second-order valence-electron chi connectivity index (χ2n) is 4.36. The number of rotatable bonds is 8. The molecule has 0 saturated carbocycles. The van der Waals surface area contributed by atoms with Crippen LogP contribution in [0.2, 0.25) is 0 Å². The molecule has 0 aliphatic heterocycles. The fraction of sp³-hybridized carbons (Fsp3) is 0.643. The van der Waals surface area contributed by atoms with Crippen LogP contribution in [0.15, 0.2) is 17.5 Å². The molecule has 1 nitrogen and oxygen atoms in total. The van der Waals surface area contributed by atoms with E-state index >= 15 is 0 Å². The number of ketones is 1. The van der Waals surface area contributed by atoms with Crippen LogP contribution in [0.1, 0.15) is 50.8 Å². The third kappa shape index (κ3) is 4.93. The summed E-state index contributed by atoms with van der Waals surface area (Å²) < 4.78 is 0. The average molecular weight is 238 g/mol. The van der Waals surface area contributed by atoms with E-state index in [1.807, 2.05) is 0 Å². The average Bonchev–Trinajstić information content (AvgIpc) is 2.79. The molecule has 0 atom stereocenters. The minimum atomic E-state index is 0.449. The molecule has 2 heteroatoms. The van der Waals surface area contributed by atoms with Gasteiger partial charge >= 0.3 is 0 Å². The number of hydrogen-bond donors (Lipinski definition) is 0. The number of hydrogen-bond acceptors (Lipinski definition) is 2. The van der Waals surface area contributed by atoms with E-state index in [-0.39, 0.29) is 0 Å². The summed E-state index contributed by atoms with van der Waals surface area (Å²) in [7, 11) is 0. The molecular weight excluding hydrogens is 216 g/mol. The van der Waals surface area contributed by atoms with E-state index in [9.17, 15) is 4.79 Å². The van der Waals surface area contributed by atoms with Crippen molar-refractivity contribution in [3.05, 3.63) is 22.4 Å². The first kappa shape index (κ1) is 13.4. The molecule has 0 N–H and O–H groups in total. The van der Waals surface area contributed by atoms with Crippen LogP contribution < -0.4 is 0 Å². The van der Waals surface area contributed by atoms with Crippen LogP contribution in [0.5, 0.6) is 0 Å². The van der Waals surface area contributed by atoms with E-state index in [1.165, 1.54) is 4.88 Å². The molecule has 0 radical (unpaired) electrons. The van der Waals surface area contributed by atoms with Gasteiger partial charge in [-0.25, -0.2) is 0 Å². The Morgan fingerprint density at radius 2 is 2.12 bits per heavy atom. The van der Waals surface area contributed by atoms with Gasteiger partial charge in [0.1, 0.15) is 5.78 Å². The van der Waals surface area contributed by atoms with Gasteiger partial charge in [-0.1, -0.05) is 32.8 Å². The fourth-order valence-corrected chi connectivity index (χ4v) is 2.67. The van der Waals surface area contributed by atoms with Crippen molar-refractivity contribution >= 4 is 17.1 Å². The Bertz CT molecular complexity index is 286. The smallest absolute Gasteiger partial charge is 0.133 e. The van der Waals surface area contributed by atoms with Crippen molar-refractivity contribution < 1.29 is 4.79 Å². The van der Waals surface area contributed by atoms with Gasteiger partial charge in [0, 0.05) is 17.7 Å². The SMILES string of the molecule is CCC(CC)CC(=O)CCCc1cccs1. The quantitative estimate of drug-likeness (QED) is 0.653. The summed E-state index contributed by atoms with van der Waals surface area (Å²) >= 11 is 1.79. The maximum Gasteiger partial charge on any atom is 0.133 e. The maximum absolute atomic E-state index is 11.7. The molecule has 90 valence electrons. The highest BCUT2D eigenvalue weighted by Gasteiger charge is 2.09. The van der Waals surface area contributed by atoms with E-state index in [2.05, 4.69) is 31.4 Å². The molecule has 0 aromatic carbocycles. The second kappa shape index (κ2) is 7.61. The minimum Gasteiger partial charge on any atom is -0.300 e. The van der Waals surface area contributed by atoms with Gasteiger partial charge in [-0.3, -0.25) is 4.79 Å². The molecule has 0 fully saturated rings. The predicted octanol–water partition coefficient (Wildman–Crippen LogP) is 4.47. The van der Waals surface area contributed by atoms with Crippen molar-refractivity contribution in [2.45, 2.75) is 52.4 Å². The summed E-state index contributed by atoms with van der Waals surface area (Å²) in [5.74, 6) is 1.06. The zero-order valence-electron chi connectivity index (χ0n) is 10.4. The summed E-state index contributed by atoms with van der Waals surface area (Å²) in [6.07, 6.45) is 5.89. The Balaban J connectivity index is 2.15. The number of thiophene rings is 1. The number of Topliss-reactive ketones (excluding diaryl/α,β-unsaturated/α-hetero) is 1. The summed E-state index contributed by atoms with van der Waals surface area (Å²) in [4.78, 5) is 13.1. The molecule has 0 aliphatic carbocycles. The Labute approximate surface area is 103 Å². The van der Waals surface area contributed by atoms with Gasteiger partial charge < -0.3 is 0 Å². The van der Waals surface area contributed by atoms with Crippen molar-refractivity contribution in [3.63, 3.8) is 0 Å². The highest BCUT2D eigenvalue weighted by molar-refractivity contribution is 7.09. The van der Waals surface area contributed by atoms with E-state index < -0.39 is 0 Å². The van der Waals surface area contributed by atoms with E-state index in [4.69, 9.17) is 0 Å². The van der Waals surface area contributed by atoms with Crippen LogP contribution >= 0.6 is 11.3 Å². The molecule has 0 aliphatic rings. The molecular formula is C14H22OS. The topological polar surface area (TPSA) is 17.1 Å². The lowest BCUT2D eigenvalue weighted by atomic mass is 9.95. The van der Waals surface area contributed by atoms with E-state index in [0.29, 0.717) is 11.7 Å². The Morgan fingerprint density at radius 3 is 2.69 bits per heavy atom. The van der Waals surface area contributed by atoms with Gasteiger partial charge in [-0.05, 0) is 30.2 Å². The second-order valence-corrected chi connectivity index (χ2v) is 5.39. The highest BCUT2D eigenvalue weighted by atomic mass is 32.1. The normalized spacial score (nSPS) is 10.9. The molecule has 0 bridgehead atoms. The first-order valence-electron chi connectivity index (χ1n) is 6.30. The number of aryl methyl sites for hydroxylation is 1. The zero-order chi connectivity index (χ0) is 11.8. The Morgan fingerprint density at radius 1 is 1.38 bits per heavy atom. The van der Waals surface area contributed by atoms with Crippen molar-refractivity contribution in [2.24, 2.45) is 5.92 Å². The molecule has 1 aromatic rings. The van der Waals surface area contributed by atoms with E-state index in [1.54, 1.807) is 11.3 Å². The van der Waals surface area contributed by atoms with Crippen LogP contribution in [0.4, 0.5) is 0 Å². The first-order valence-corrected chi connectivity index (χ1v) is 7.18. The molecule has 1 aromatic heterocycles. The molecule has 0 spiro atoms. The highest BCUT2D eigenvalue weighted by Crippen LogP contribution is 2.16. The maximum atomic E-state index is 11.7. The minimum absolute atomic E-state index is 0.449. The molecule has 0 unspecified atom stereocenters.